The standard InChI is InChI=1S/C21H18N4OS2/c1-14-20(28-21(23-14)16-5-7-17(26-2)8-6-16)18-9-10-19(25-24-18)27-13-15-4-3-11-22-12-15/h3-12H,13H2,1-2H3. The molecule has 0 saturated carbocycles. The molecule has 0 unspecified atom stereocenters. The van der Waals surface area contributed by atoms with Gasteiger partial charge in [-0.15, -0.1) is 21.5 Å². The monoisotopic (exact) mass is 406 g/mol. The fraction of sp³-hybridized carbons (Fsp3) is 0.143. The van der Waals surface area contributed by atoms with Crippen LogP contribution in [0.5, 0.6) is 5.75 Å². The average Bonchev–Trinajstić information content (AvgIpc) is 3.15. The second-order valence-electron chi connectivity index (χ2n) is 6.07. The topological polar surface area (TPSA) is 60.8 Å². The van der Waals surface area contributed by atoms with Crippen LogP contribution in [0.2, 0.25) is 0 Å². The van der Waals surface area contributed by atoms with Crippen molar-refractivity contribution in [2.45, 2.75) is 17.7 Å². The smallest absolute Gasteiger partial charge is 0.124 e. The predicted molar refractivity (Wildman–Crippen MR) is 114 cm³/mol. The Kier molecular flexibility index (Phi) is 5.64. The van der Waals surface area contributed by atoms with E-state index < -0.39 is 0 Å². The van der Waals surface area contributed by atoms with Crippen molar-refractivity contribution in [3.63, 3.8) is 0 Å². The van der Waals surface area contributed by atoms with Crippen LogP contribution in [0.4, 0.5) is 0 Å². The number of pyridine rings is 1. The van der Waals surface area contributed by atoms with Gasteiger partial charge in [0.1, 0.15) is 21.5 Å². The van der Waals surface area contributed by atoms with Crippen molar-refractivity contribution in [2.24, 2.45) is 0 Å². The van der Waals surface area contributed by atoms with E-state index in [9.17, 15) is 0 Å². The summed E-state index contributed by atoms with van der Waals surface area (Å²) in [7, 11) is 1.66. The van der Waals surface area contributed by atoms with Gasteiger partial charge in [-0.05, 0) is 55.0 Å². The summed E-state index contributed by atoms with van der Waals surface area (Å²) in [5.74, 6) is 1.66. The highest BCUT2D eigenvalue weighted by molar-refractivity contribution is 7.98. The molecule has 0 saturated heterocycles. The fourth-order valence-corrected chi connectivity index (χ4v) is 4.43. The molecule has 1 aromatic carbocycles. The third kappa shape index (κ3) is 4.21. The van der Waals surface area contributed by atoms with Gasteiger partial charge in [0, 0.05) is 23.7 Å². The molecule has 4 aromatic rings. The molecule has 3 heterocycles. The van der Waals surface area contributed by atoms with Crippen LogP contribution in [-0.4, -0.2) is 27.3 Å². The molecule has 0 bridgehead atoms. The Hall–Kier alpha value is -2.77. The zero-order valence-electron chi connectivity index (χ0n) is 15.5. The number of thioether (sulfide) groups is 1. The summed E-state index contributed by atoms with van der Waals surface area (Å²) in [5.41, 5.74) is 4.04. The van der Waals surface area contributed by atoms with Gasteiger partial charge < -0.3 is 4.74 Å². The van der Waals surface area contributed by atoms with E-state index in [1.54, 1.807) is 36.4 Å². The highest BCUT2D eigenvalue weighted by atomic mass is 32.2. The Morgan fingerprint density at radius 1 is 1.04 bits per heavy atom. The Labute approximate surface area is 171 Å². The van der Waals surface area contributed by atoms with Gasteiger partial charge in [-0.1, -0.05) is 17.8 Å². The summed E-state index contributed by atoms with van der Waals surface area (Å²) in [6.45, 7) is 2.01. The number of aromatic nitrogens is 4. The maximum absolute atomic E-state index is 5.22. The van der Waals surface area contributed by atoms with Crippen LogP contribution in [0.1, 0.15) is 11.3 Å². The predicted octanol–water partition coefficient (Wildman–Crippen LogP) is 5.27. The molecular weight excluding hydrogens is 388 g/mol. The van der Waals surface area contributed by atoms with Crippen LogP contribution in [0.25, 0.3) is 21.1 Å². The van der Waals surface area contributed by atoms with Gasteiger partial charge in [-0.2, -0.15) is 0 Å². The van der Waals surface area contributed by atoms with Gasteiger partial charge >= 0.3 is 0 Å². The number of aryl methyl sites for hydroxylation is 1. The number of benzene rings is 1. The van der Waals surface area contributed by atoms with Crippen LogP contribution in [0, 0.1) is 6.92 Å². The number of methoxy groups -OCH3 is 1. The molecule has 0 radical (unpaired) electrons. The summed E-state index contributed by atoms with van der Waals surface area (Å²) in [4.78, 5) is 9.89. The molecule has 0 aliphatic rings. The lowest BCUT2D eigenvalue weighted by atomic mass is 10.2. The SMILES string of the molecule is COc1ccc(-c2nc(C)c(-c3ccc(SCc4cccnc4)nn3)s2)cc1. The largest absolute Gasteiger partial charge is 0.497 e. The first kappa shape index (κ1) is 18.6. The molecule has 0 aliphatic heterocycles. The van der Waals surface area contributed by atoms with Crippen molar-refractivity contribution in [1.29, 1.82) is 0 Å². The van der Waals surface area contributed by atoms with Crippen molar-refractivity contribution in [3.8, 4) is 26.9 Å². The number of ether oxygens (including phenoxy) is 1. The lowest BCUT2D eigenvalue weighted by molar-refractivity contribution is 0.415. The number of nitrogens with zero attached hydrogens (tertiary/aromatic N) is 4. The Morgan fingerprint density at radius 2 is 1.89 bits per heavy atom. The van der Waals surface area contributed by atoms with Gasteiger partial charge in [0.2, 0.25) is 0 Å². The van der Waals surface area contributed by atoms with Crippen LogP contribution in [0.15, 0.2) is 66.0 Å². The molecule has 0 spiro atoms. The first-order valence-electron chi connectivity index (χ1n) is 8.70. The summed E-state index contributed by atoms with van der Waals surface area (Å²) in [5, 5.41) is 10.6. The van der Waals surface area contributed by atoms with E-state index in [1.165, 1.54) is 5.56 Å². The zero-order chi connectivity index (χ0) is 19.3. The van der Waals surface area contributed by atoms with Gasteiger partial charge in [0.25, 0.3) is 0 Å². The molecule has 4 rings (SSSR count). The number of hydrogen-bond donors (Lipinski definition) is 0. The Morgan fingerprint density at radius 3 is 2.57 bits per heavy atom. The van der Waals surface area contributed by atoms with Crippen molar-refractivity contribution in [3.05, 3.63) is 72.2 Å². The van der Waals surface area contributed by atoms with Crippen LogP contribution in [0.3, 0.4) is 0 Å². The van der Waals surface area contributed by atoms with E-state index in [1.807, 2.05) is 55.6 Å². The summed E-state index contributed by atoms with van der Waals surface area (Å²) < 4.78 is 5.22. The molecule has 0 aliphatic carbocycles. The van der Waals surface area contributed by atoms with E-state index >= 15 is 0 Å². The lowest BCUT2D eigenvalue weighted by Gasteiger charge is -2.02. The minimum absolute atomic E-state index is 0.822. The normalized spacial score (nSPS) is 10.8. The zero-order valence-corrected chi connectivity index (χ0v) is 17.1. The Bertz CT molecular complexity index is 1050. The Balaban J connectivity index is 1.50. The minimum atomic E-state index is 0.822. The van der Waals surface area contributed by atoms with Gasteiger partial charge in [-0.3, -0.25) is 4.98 Å². The highest BCUT2D eigenvalue weighted by Crippen LogP contribution is 2.35. The lowest BCUT2D eigenvalue weighted by Crippen LogP contribution is -1.90. The van der Waals surface area contributed by atoms with Crippen molar-refractivity contribution in [1.82, 2.24) is 20.2 Å². The maximum atomic E-state index is 5.22. The van der Waals surface area contributed by atoms with Gasteiger partial charge in [0.15, 0.2) is 0 Å². The van der Waals surface area contributed by atoms with Crippen LogP contribution >= 0.6 is 23.1 Å². The van der Waals surface area contributed by atoms with E-state index in [2.05, 4.69) is 21.2 Å². The van der Waals surface area contributed by atoms with Crippen molar-refractivity contribution in [2.75, 3.05) is 7.11 Å². The molecule has 5 nitrogen and oxygen atoms in total. The van der Waals surface area contributed by atoms with Crippen molar-refractivity contribution < 1.29 is 4.74 Å². The second-order valence-corrected chi connectivity index (χ2v) is 8.06. The van der Waals surface area contributed by atoms with E-state index in [4.69, 9.17) is 9.72 Å². The third-order valence-electron chi connectivity index (χ3n) is 4.12. The number of thiazole rings is 1. The van der Waals surface area contributed by atoms with Gasteiger partial charge in [-0.25, -0.2) is 4.98 Å². The molecular formula is C21H18N4OS2. The van der Waals surface area contributed by atoms with E-state index in [-0.39, 0.29) is 0 Å². The van der Waals surface area contributed by atoms with Gasteiger partial charge in [0.05, 0.1) is 17.7 Å². The molecule has 140 valence electrons. The summed E-state index contributed by atoms with van der Waals surface area (Å²) in [6.07, 6.45) is 3.65. The summed E-state index contributed by atoms with van der Waals surface area (Å²) in [6, 6.07) is 15.9. The molecule has 0 N–H and O–H groups in total. The molecule has 0 atom stereocenters. The molecule has 28 heavy (non-hydrogen) atoms. The molecule has 7 heteroatoms. The molecule has 0 amide bonds. The van der Waals surface area contributed by atoms with Crippen LogP contribution < -0.4 is 4.74 Å². The van der Waals surface area contributed by atoms with E-state index in [0.717, 1.165) is 43.4 Å². The fourth-order valence-electron chi connectivity index (χ4n) is 2.65. The number of hydrogen-bond acceptors (Lipinski definition) is 7. The minimum Gasteiger partial charge on any atom is -0.497 e. The summed E-state index contributed by atoms with van der Waals surface area (Å²) >= 11 is 3.28. The quantitative estimate of drug-likeness (QED) is 0.407. The number of rotatable bonds is 6. The van der Waals surface area contributed by atoms with Crippen molar-refractivity contribution >= 4 is 23.1 Å². The maximum Gasteiger partial charge on any atom is 0.124 e. The molecule has 3 aromatic heterocycles. The third-order valence-corrected chi connectivity index (χ3v) is 6.34. The van der Waals surface area contributed by atoms with Crippen LogP contribution in [-0.2, 0) is 5.75 Å². The average molecular weight is 407 g/mol. The highest BCUT2D eigenvalue weighted by Gasteiger charge is 2.13. The first-order valence-corrected chi connectivity index (χ1v) is 10.5. The first-order chi connectivity index (χ1) is 13.7. The second kappa shape index (κ2) is 8.50. The molecule has 0 fully saturated rings. The van der Waals surface area contributed by atoms with E-state index in [0.29, 0.717) is 0 Å².